The van der Waals surface area contributed by atoms with E-state index in [1.807, 2.05) is 17.5 Å². The minimum Gasteiger partial charge on any atom is -0.350 e. The van der Waals surface area contributed by atoms with Gasteiger partial charge >= 0.3 is 0 Å². The topological polar surface area (TPSA) is 54.9 Å². The summed E-state index contributed by atoms with van der Waals surface area (Å²) in [4.78, 5) is 12.9. The first-order chi connectivity index (χ1) is 8.25. The number of carbonyl (C=O) groups excluding carboxylic acids is 1. The van der Waals surface area contributed by atoms with Crippen LogP contribution >= 0.6 is 22.9 Å². The van der Waals surface area contributed by atoms with Gasteiger partial charge in [-0.3, -0.25) is 4.79 Å². The van der Waals surface area contributed by atoms with E-state index in [0.717, 1.165) is 6.42 Å². The van der Waals surface area contributed by atoms with Crippen LogP contribution in [0, 0.1) is 0 Å². The second-order valence-electron chi connectivity index (χ2n) is 3.33. The van der Waals surface area contributed by atoms with Gasteiger partial charge in [0.25, 0.3) is 5.91 Å². The average molecular weight is 268 g/mol. The lowest BCUT2D eigenvalue weighted by atomic mass is 10.3. The van der Waals surface area contributed by atoms with E-state index in [0.29, 0.717) is 6.54 Å². The van der Waals surface area contributed by atoms with E-state index in [1.165, 1.54) is 4.88 Å². The normalized spacial score (nSPS) is 10.2. The van der Waals surface area contributed by atoms with Crippen molar-refractivity contribution in [1.29, 1.82) is 0 Å². The van der Waals surface area contributed by atoms with Crippen molar-refractivity contribution in [3.8, 4) is 0 Å². The van der Waals surface area contributed by atoms with Crippen molar-refractivity contribution in [2.45, 2.75) is 6.42 Å². The first kappa shape index (κ1) is 12.0. The summed E-state index contributed by atoms with van der Waals surface area (Å²) in [5.41, 5.74) is 0.278. The predicted molar refractivity (Wildman–Crippen MR) is 67.4 cm³/mol. The Labute approximate surface area is 108 Å². The second kappa shape index (κ2) is 5.75. The molecule has 2 aromatic rings. The molecule has 6 heteroatoms. The van der Waals surface area contributed by atoms with E-state index in [2.05, 4.69) is 15.5 Å². The number of carbonyl (C=O) groups is 1. The zero-order chi connectivity index (χ0) is 12.1. The molecule has 1 N–H and O–H groups in total. The zero-order valence-corrected chi connectivity index (χ0v) is 10.5. The zero-order valence-electron chi connectivity index (χ0n) is 8.89. The van der Waals surface area contributed by atoms with Crippen molar-refractivity contribution in [1.82, 2.24) is 15.5 Å². The molecule has 4 nitrogen and oxygen atoms in total. The fourth-order valence-corrected chi connectivity index (χ4v) is 2.09. The molecule has 2 aromatic heterocycles. The van der Waals surface area contributed by atoms with Crippen LogP contribution in [0.25, 0.3) is 0 Å². The summed E-state index contributed by atoms with van der Waals surface area (Å²) >= 11 is 7.26. The maximum atomic E-state index is 11.6. The van der Waals surface area contributed by atoms with Crippen molar-refractivity contribution in [3.63, 3.8) is 0 Å². The predicted octanol–water partition coefficient (Wildman–Crippen LogP) is 2.16. The van der Waals surface area contributed by atoms with Crippen LogP contribution in [0.1, 0.15) is 15.4 Å². The molecule has 1 amide bonds. The molecule has 88 valence electrons. The van der Waals surface area contributed by atoms with Crippen LogP contribution in [0.4, 0.5) is 0 Å². The Kier molecular flexibility index (Phi) is 4.06. The molecule has 17 heavy (non-hydrogen) atoms. The van der Waals surface area contributed by atoms with Crippen LogP contribution in [-0.4, -0.2) is 22.6 Å². The third kappa shape index (κ3) is 3.51. The average Bonchev–Trinajstić information content (AvgIpc) is 2.83. The van der Waals surface area contributed by atoms with E-state index in [4.69, 9.17) is 11.6 Å². The van der Waals surface area contributed by atoms with Gasteiger partial charge in [-0.05, 0) is 30.0 Å². The summed E-state index contributed by atoms with van der Waals surface area (Å²) in [6.45, 7) is 0.587. The number of thiophene rings is 1. The molecule has 0 aliphatic rings. The maximum absolute atomic E-state index is 11.6. The van der Waals surface area contributed by atoms with Gasteiger partial charge in [0.1, 0.15) is 0 Å². The van der Waals surface area contributed by atoms with Gasteiger partial charge in [-0.1, -0.05) is 17.7 Å². The molecule has 0 radical (unpaired) electrons. The molecule has 2 heterocycles. The molecule has 0 bridgehead atoms. The fraction of sp³-hybridized carbons (Fsp3) is 0.182. The van der Waals surface area contributed by atoms with E-state index < -0.39 is 0 Å². The number of hydrogen-bond donors (Lipinski definition) is 1. The highest BCUT2D eigenvalue weighted by Gasteiger charge is 2.06. The number of nitrogens with one attached hydrogen (secondary N) is 1. The summed E-state index contributed by atoms with van der Waals surface area (Å²) in [6.07, 6.45) is 0.824. The number of hydrogen-bond acceptors (Lipinski definition) is 4. The quantitative estimate of drug-likeness (QED) is 0.924. The van der Waals surface area contributed by atoms with Gasteiger partial charge in [0.15, 0.2) is 10.8 Å². The molecule has 0 saturated carbocycles. The van der Waals surface area contributed by atoms with Gasteiger partial charge in [-0.15, -0.1) is 21.5 Å². The highest BCUT2D eigenvalue weighted by molar-refractivity contribution is 7.09. The molecule has 0 spiro atoms. The van der Waals surface area contributed by atoms with E-state index in [9.17, 15) is 4.79 Å². The summed E-state index contributed by atoms with van der Waals surface area (Å²) in [6, 6.07) is 7.13. The van der Waals surface area contributed by atoms with Gasteiger partial charge < -0.3 is 5.32 Å². The van der Waals surface area contributed by atoms with Crippen molar-refractivity contribution in [2.75, 3.05) is 6.54 Å². The van der Waals surface area contributed by atoms with E-state index in [-0.39, 0.29) is 16.8 Å². The summed E-state index contributed by atoms with van der Waals surface area (Å²) in [5.74, 6) is -0.231. The summed E-state index contributed by atoms with van der Waals surface area (Å²) in [7, 11) is 0. The molecule has 2 rings (SSSR count). The Morgan fingerprint density at radius 3 is 2.88 bits per heavy atom. The SMILES string of the molecule is O=C(NCCc1cccs1)c1ccc(Cl)nn1. The number of amides is 1. The Morgan fingerprint density at radius 1 is 1.35 bits per heavy atom. The van der Waals surface area contributed by atoms with Crippen LogP contribution in [-0.2, 0) is 6.42 Å². The minimum atomic E-state index is -0.231. The molecular formula is C11H10ClN3OS. The molecule has 0 aromatic carbocycles. The first-order valence-electron chi connectivity index (χ1n) is 5.05. The first-order valence-corrected chi connectivity index (χ1v) is 6.31. The maximum Gasteiger partial charge on any atom is 0.271 e. The smallest absolute Gasteiger partial charge is 0.271 e. The Bertz CT molecular complexity index is 484. The van der Waals surface area contributed by atoms with E-state index in [1.54, 1.807) is 23.5 Å². The van der Waals surface area contributed by atoms with Crippen LogP contribution in [0.3, 0.4) is 0 Å². The molecule has 0 unspecified atom stereocenters. The molecule has 0 saturated heterocycles. The van der Waals surface area contributed by atoms with Crippen LogP contribution < -0.4 is 5.32 Å². The Balaban J connectivity index is 1.83. The van der Waals surface area contributed by atoms with Crippen LogP contribution in [0.5, 0.6) is 0 Å². The summed E-state index contributed by atoms with van der Waals surface area (Å²) in [5, 5.41) is 12.4. The van der Waals surface area contributed by atoms with Crippen LogP contribution in [0.15, 0.2) is 29.6 Å². The minimum absolute atomic E-state index is 0.231. The Hall–Kier alpha value is -1.46. The largest absolute Gasteiger partial charge is 0.350 e. The van der Waals surface area contributed by atoms with Crippen molar-refractivity contribution in [2.24, 2.45) is 0 Å². The van der Waals surface area contributed by atoms with Crippen LogP contribution in [0.2, 0.25) is 5.15 Å². The third-order valence-electron chi connectivity index (χ3n) is 2.10. The van der Waals surface area contributed by atoms with Gasteiger partial charge in [0, 0.05) is 11.4 Å². The lowest BCUT2D eigenvalue weighted by Crippen LogP contribution is -2.26. The fourth-order valence-electron chi connectivity index (χ4n) is 1.28. The lowest BCUT2D eigenvalue weighted by molar-refractivity contribution is 0.0948. The molecule has 0 aliphatic heterocycles. The lowest BCUT2D eigenvalue weighted by Gasteiger charge is -2.02. The summed E-state index contributed by atoms with van der Waals surface area (Å²) < 4.78 is 0. The number of rotatable bonds is 4. The monoisotopic (exact) mass is 267 g/mol. The van der Waals surface area contributed by atoms with Gasteiger partial charge in [0.2, 0.25) is 0 Å². The molecule has 0 aliphatic carbocycles. The standard InChI is InChI=1S/C11H10ClN3OS/c12-10-4-3-9(14-15-10)11(16)13-6-5-8-2-1-7-17-8/h1-4,7H,5-6H2,(H,13,16). The molecule has 0 atom stereocenters. The van der Waals surface area contributed by atoms with E-state index >= 15 is 0 Å². The van der Waals surface area contributed by atoms with Crippen molar-refractivity contribution >= 4 is 28.8 Å². The third-order valence-corrected chi connectivity index (χ3v) is 3.24. The second-order valence-corrected chi connectivity index (χ2v) is 4.75. The van der Waals surface area contributed by atoms with Gasteiger partial charge in [0.05, 0.1) is 0 Å². The highest BCUT2D eigenvalue weighted by atomic mass is 35.5. The van der Waals surface area contributed by atoms with Gasteiger partial charge in [-0.2, -0.15) is 0 Å². The molecular weight excluding hydrogens is 258 g/mol. The number of aromatic nitrogens is 2. The highest BCUT2D eigenvalue weighted by Crippen LogP contribution is 2.08. The molecule has 0 fully saturated rings. The van der Waals surface area contributed by atoms with Crippen molar-refractivity contribution < 1.29 is 4.79 Å². The van der Waals surface area contributed by atoms with Gasteiger partial charge in [-0.25, -0.2) is 0 Å². The number of halogens is 1. The Morgan fingerprint density at radius 2 is 2.24 bits per heavy atom. The number of nitrogens with zero attached hydrogens (tertiary/aromatic N) is 2. The van der Waals surface area contributed by atoms with Crippen molar-refractivity contribution in [3.05, 3.63) is 45.4 Å².